The first-order valence-electron chi connectivity index (χ1n) is 6.75. The van der Waals surface area contributed by atoms with E-state index in [-0.39, 0.29) is 11.7 Å². The highest BCUT2D eigenvalue weighted by Crippen LogP contribution is 2.22. The van der Waals surface area contributed by atoms with E-state index >= 15 is 0 Å². The van der Waals surface area contributed by atoms with Crippen LogP contribution in [0.3, 0.4) is 0 Å². The van der Waals surface area contributed by atoms with Gasteiger partial charge in [0.2, 0.25) is 5.91 Å². The predicted octanol–water partition coefficient (Wildman–Crippen LogP) is 4.66. The molecule has 0 aliphatic rings. The summed E-state index contributed by atoms with van der Waals surface area (Å²) >= 11 is 1.57. The average Bonchev–Trinajstić information content (AvgIpc) is 2.53. The topological polar surface area (TPSA) is 38.3 Å². The molecule has 2 aromatic carbocycles. The summed E-state index contributed by atoms with van der Waals surface area (Å²) in [5.74, 6) is -0.328. The smallest absolute Gasteiger partial charge is 0.387 e. The molecule has 0 atom stereocenters. The summed E-state index contributed by atoms with van der Waals surface area (Å²) in [4.78, 5) is 13.0. The van der Waals surface area contributed by atoms with Crippen LogP contribution in [0.5, 0.6) is 5.75 Å². The van der Waals surface area contributed by atoms with E-state index < -0.39 is 6.61 Å². The van der Waals surface area contributed by atoms with Crippen LogP contribution < -0.4 is 10.1 Å². The summed E-state index contributed by atoms with van der Waals surface area (Å²) in [5, 5.41) is 2.72. The molecular formula is C17H15F2NO2S. The number of amides is 1. The molecule has 120 valence electrons. The van der Waals surface area contributed by atoms with Crippen molar-refractivity contribution < 1.29 is 18.3 Å². The minimum absolute atomic E-state index is 0.0240. The van der Waals surface area contributed by atoms with Gasteiger partial charge in [0.1, 0.15) is 5.75 Å². The lowest BCUT2D eigenvalue weighted by molar-refractivity contribution is -0.111. The third-order valence-corrected chi connectivity index (χ3v) is 3.61. The normalized spacial score (nSPS) is 11.0. The molecule has 0 heterocycles. The number of benzene rings is 2. The van der Waals surface area contributed by atoms with Crippen molar-refractivity contribution in [3.05, 3.63) is 60.2 Å². The van der Waals surface area contributed by atoms with Crippen molar-refractivity contribution in [1.82, 2.24) is 0 Å². The Morgan fingerprint density at radius 1 is 1.22 bits per heavy atom. The van der Waals surface area contributed by atoms with Gasteiger partial charge in [0.05, 0.1) is 0 Å². The summed E-state index contributed by atoms with van der Waals surface area (Å²) in [6.07, 6.45) is 4.66. The molecule has 0 aliphatic heterocycles. The summed E-state index contributed by atoms with van der Waals surface area (Å²) in [6.45, 7) is -2.91. The van der Waals surface area contributed by atoms with Gasteiger partial charge in [0.25, 0.3) is 0 Å². The number of halogens is 2. The fraction of sp³-hybridized carbons (Fsp3) is 0.118. The van der Waals surface area contributed by atoms with E-state index in [9.17, 15) is 13.6 Å². The van der Waals surface area contributed by atoms with Gasteiger partial charge < -0.3 is 10.1 Å². The second-order valence-electron chi connectivity index (χ2n) is 4.47. The monoisotopic (exact) mass is 335 g/mol. The van der Waals surface area contributed by atoms with Gasteiger partial charge in [-0.3, -0.25) is 4.79 Å². The zero-order valence-corrected chi connectivity index (χ0v) is 13.1. The molecule has 2 aromatic rings. The first kappa shape index (κ1) is 17.0. The number of alkyl halides is 2. The lowest BCUT2D eigenvalue weighted by Crippen LogP contribution is -2.08. The Morgan fingerprint density at radius 2 is 2.00 bits per heavy atom. The lowest BCUT2D eigenvalue weighted by Gasteiger charge is -2.07. The second kappa shape index (κ2) is 8.33. The maximum absolute atomic E-state index is 12.3. The van der Waals surface area contributed by atoms with Gasteiger partial charge >= 0.3 is 6.61 Å². The molecule has 0 radical (unpaired) electrons. The fourth-order valence-electron chi connectivity index (χ4n) is 1.87. The molecule has 0 aliphatic carbocycles. The first-order chi connectivity index (χ1) is 11.1. The number of anilines is 1. The van der Waals surface area contributed by atoms with E-state index in [4.69, 9.17) is 0 Å². The summed E-state index contributed by atoms with van der Waals surface area (Å²) in [6, 6.07) is 13.7. The van der Waals surface area contributed by atoms with Crippen molar-refractivity contribution in [3.63, 3.8) is 0 Å². The number of carbonyl (C=O) groups excluding carboxylic acids is 1. The molecule has 1 amide bonds. The third kappa shape index (κ3) is 5.41. The van der Waals surface area contributed by atoms with Crippen LogP contribution in [-0.4, -0.2) is 18.8 Å². The molecule has 0 bridgehead atoms. The van der Waals surface area contributed by atoms with Crippen molar-refractivity contribution in [1.29, 1.82) is 0 Å². The molecule has 3 nitrogen and oxygen atoms in total. The Kier molecular flexibility index (Phi) is 6.17. The largest absolute Gasteiger partial charge is 0.434 e. The molecular weight excluding hydrogens is 320 g/mol. The fourth-order valence-corrected chi connectivity index (χ4v) is 2.33. The van der Waals surface area contributed by atoms with Gasteiger partial charge in [-0.2, -0.15) is 8.78 Å². The quantitative estimate of drug-likeness (QED) is 0.616. The van der Waals surface area contributed by atoms with Crippen LogP contribution in [0.4, 0.5) is 14.5 Å². The van der Waals surface area contributed by atoms with Gasteiger partial charge in [-0.25, -0.2) is 0 Å². The number of nitrogens with one attached hydrogen (secondary N) is 1. The van der Waals surface area contributed by atoms with E-state index in [0.717, 1.165) is 4.90 Å². The number of carbonyl (C=O) groups is 1. The first-order valence-corrected chi connectivity index (χ1v) is 7.98. The van der Waals surface area contributed by atoms with E-state index in [2.05, 4.69) is 10.1 Å². The van der Waals surface area contributed by atoms with E-state index in [1.807, 2.05) is 24.5 Å². The SMILES string of the molecule is CSc1cccc(NC(=O)/C=C/c2ccccc2OC(F)F)c1. The van der Waals surface area contributed by atoms with Crippen LogP contribution in [0.2, 0.25) is 0 Å². The highest BCUT2D eigenvalue weighted by molar-refractivity contribution is 7.98. The highest BCUT2D eigenvalue weighted by atomic mass is 32.2. The molecule has 0 unspecified atom stereocenters. The molecule has 0 saturated carbocycles. The molecule has 0 fully saturated rings. The predicted molar refractivity (Wildman–Crippen MR) is 89.0 cm³/mol. The van der Waals surface area contributed by atoms with Crippen LogP contribution in [0.25, 0.3) is 6.08 Å². The standard InChI is InChI=1S/C17H15F2NO2S/c1-23-14-7-4-6-13(11-14)20-16(21)10-9-12-5-2-3-8-15(12)22-17(18)19/h2-11,17H,1H3,(H,20,21)/b10-9+. The van der Waals surface area contributed by atoms with Crippen LogP contribution in [0.1, 0.15) is 5.56 Å². The third-order valence-electron chi connectivity index (χ3n) is 2.89. The Hall–Kier alpha value is -2.34. The van der Waals surface area contributed by atoms with Crippen LogP contribution in [0, 0.1) is 0 Å². The average molecular weight is 335 g/mol. The Labute approximate surface area is 137 Å². The van der Waals surface area contributed by atoms with Crippen molar-refractivity contribution >= 4 is 29.4 Å². The maximum atomic E-state index is 12.3. The van der Waals surface area contributed by atoms with Crippen molar-refractivity contribution in [2.24, 2.45) is 0 Å². The van der Waals surface area contributed by atoms with E-state index in [1.54, 1.807) is 36.0 Å². The molecule has 2 rings (SSSR count). The number of rotatable bonds is 6. The molecule has 0 spiro atoms. The van der Waals surface area contributed by atoms with Crippen molar-refractivity contribution in [2.75, 3.05) is 11.6 Å². The number of hydrogen-bond acceptors (Lipinski definition) is 3. The van der Waals surface area contributed by atoms with Crippen LogP contribution >= 0.6 is 11.8 Å². The van der Waals surface area contributed by atoms with Gasteiger partial charge in [-0.05, 0) is 36.6 Å². The van der Waals surface area contributed by atoms with Crippen LogP contribution in [-0.2, 0) is 4.79 Å². The number of thioether (sulfide) groups is 1. The van der Waals surface area contributed by atoms with Gasteiger partial charge in [0, 0.05) is 22.2 Å². The van der Waals surface area contributed by atoms with Gasteiger partial charge in [0.15, 0.2) is 0 Å². The second-order valence-corrected chi connectivity index (χ2v) is 5.35. The number of ether oxygens (including phenoxy) is 1. The summed E-state index contributed by atoms with van der Waals surface area (Å²) in [7, 11) is 0. The Morgan fingerprint density at radius 3 is 2.74 bits per heavy atom. The molecule has 23 heavy (non-hydrogen) atoms. The number of para-hydroxylation sites is 1. The zero-order valence-electron chi connectivity index (χ0n) is 12.3. The van der Waals surface area contributed by atoms with Crippen molar-refractivity contribution in [2.45, 2.75) is 11.5 Å². The van der Waals surface area contributed by atoms with Gasteiger partial charge in [-0.15, -0.1) is 11.8 Å². The zero-order chi connectivity index (χ0) is 16.7. The maximum Gasteiger partial charge on any atom is 0.387 e. The summed E-state index contributed by atoms with van der Waals surface area (Å²) in [5.41, 5.74) is 1.07. The minimum atomic E-state index is -2.91. The Bertz CT molecular complexity index is 704. The molecule has 0 saturated heterocycles. The molecule has 1 N–H and O–H groups in total. The lowest BCUT2D eigenvalue weighted by atomic mass is 10.2. The number of hydrogen-bond donors (Lipinski definition) is 1. The minimum Gasteiger partial charge on any atom is -0.434 e. The van der Waals surface area contributed by atoms with Crippen molar-refractivity contribution in [3.8, 4) is 5.75 Å². The van der Waals surface area contributed by atoms with E-state index in [0.29, 0.717) is 11.3 Å². The van der Waals surface area contributed by atoms with Crippen LogP contribution in [0.15, 0.2) is 59.5 Å². The highest BCUT2D eigenvalue weighted by Gasteiger charge is 2.07. The van der Waals surface area contributed by atoms with E-state index in [1.165, 1.54) is 18.2 Å². The van der Waals surface area contributed by atoms with Gasteiger partial charge in [-0.1, -0.05) is 24.3 Å². The Balaban J connectivity index is 2.06. The molecule has 6 heteroatoms. The molecule has 0 aromatic heterocycles. The summed E-state index contributed by atoms with van der Waals surface area (Å²) < 4.78 is 29.1.